The van der Waals surface area contributed by atoms with Crippen LogP contribution in [-0.2, 0) is 16.6 Å². The molecule has 1 atom stereocenters. The summed E-state index contributed by atoms with van der Waals surface area (Å²) in [4.78, 5) is 24.5. The van der Waals surface area contributed by atoms with Gasteiger partial charge in [0, 0.05) is 7.05 Å². The number of rotatable bonds is 4. The van der Waals surface area contributed by atoms with Gasteiger partial charge in [-0.05, 0) is 39.7 Å². The first-order chi connectivity index (χ1) is 9.51. The molecule has 1 N–H and O–H groups in total. The van der Waals surface area contributed by atoms with Gasteiger partial charge in [0.2, 0.25) is 0 Å². The van der Waals surface area contributed by atoms with Crippen LogP contribution in [0.5, 0.6) is 0 Å². The molecule has 1 rings (SSSR count). The van der Waals surface area contributed by atoms with Gasteiger partial charge in [-0.2, -0.15) is 5.10 Å². The topological polar surface area (TPSA) is 73.2 Å². The second-order valence-corrected chi connectivity index (χ2v) is 6.52. The predicted molar refractivity (Wildman–Crippen MR) is 79.9 cm³/mol. The Hall–Kier alpha value is -1.85. The van der Waals surface area contributed by atoms with E-state index >= 15 is 0 Å². The number of aromatic nitrogens is 2. The monoisotopic (exact) mass is 295 g/mol. The molecule has 0 bridgehead atoms. The number of aryl methyl sites for hydroxylation is 2. The summed E-state index contributed by atoms with van der Waals surface area (Å²) in [6.07, 6.45) is 0. The maximum atomic E-state index is 12.3. The van der Waals surface area contributed by atoms with Crippen molar-refractivity contribution in [3.63, 3.8) is 0 Å². The van der Waals surface area contributed by atoms with E-state index in [4.69, 9.17) is 4.74 Å². The summed E-state index contributed by atoms with van der Waals surface area (Å²) in [5, 5.41) is 6.86. The van der Waals surface area contributed by atoms with Gasteiger partial charge in [0.1, 0.15) is 17.3 Å². The average Bonchev–Trinajstić information content (AvgIpc) is 2.62. The minimum atomic E-state index is -0.688. The fourth-order valence-corrected chi connectivity index (χ4v) is 1.90. The molecule has 21 heavy (non-hydrogen) atoms. The largest absolute Gasteiger partial charge is 0.458 e. The van der Waals surface area contributed by atoms with Crippen LogP contribution in [0.2, 0.25) is 0 Å². The van der Waals surface area contributed by atoms with E-state index in [0.717, 1.165) is 5.69 Å². The highest BCUT2D eigenvalue weighted by Crippen LogP contribution is 2.13. The smallest absolute Gasteiger partial charge is 0.329 e. The maximum Gasteiger partial charge on any atom is 0.329 e. The fourth-order valence-electron chi connectivity index (χ4n) is 1.90. The highest BCUT2D eigenvalue weighted by molar-refractivity contribution is 5.95. The molecule has 1 aromatic heterocycles. The molecule has 6 heteroatoms. The minimum Gasteiger partial charge on any atom is -0.458 e. The molecule has 6 nitrogen and oxygen atoms in total. The number of hydrogen-bond acceptors (Lipinski definition) is 4. The van der Waals surface area contributed by atoms with Gasteiger partial charge in [-0.3, -0.25) is 9.48 Å². The number of carbonyl (C=O) groups excluding carboxylic acids is 2. The van der Waals surface area contributed by atoms with Crippen LogP contribution in [-0.4, -0.2) is 33.3 Å². The first-order valence-corrected chi connectivity index (χ1v) is 7.05. The molecule has 0 fully saturated rings. The quantitative estimate of drug-likeness (QED) is 0.860. The normalized spacial score (nSPS) is 13.1. The molecule has 0 radical (unpaired) electrons. The minimum absolute atomic E-state index is 0.0712. The van der Waals surface area contributed by atoms with Crippen molar-refractivity contribution in [3.05, 3.63) is 17.5 Å². The maximum absolute atomic E-state index is 12.3. The molecule has 1 amide bonds. The van der Waals surface area contributed by atoms with Gasteiger partial charge in [-0.25, -0.2) is 4.79 Å². The predicted octanol–water partition coefficient (Wildman–Crippen LogP) is 1.82. The number of amides is 1. The fraction of sp³-hybridized carbons (Fsp3) is 0.667. The summed E-state index contributed by atoms with van der Waals surface area (Å²) in [6.45, 7) is 10.9. The Labute approximate surface area is 125 Å². The van der Waals surface area contributed by atoms with Crippen molar-refractivity contribution in [2.45, 2.75) is 53.2 Å². The zero-order chi connectivity index (χ0) is 16.4. The Morgan fingerprint density at radius 1 is 1.33 bits per heavy atom. The van der Waals surface area contributed by atoms with Crippen LogP contribution in [0.15, 0.2) is 6.07 Å². The van der Waals surface area contributed by atoms with Gasteiger partial charge in [-0.15, -0.1) is 0 Å². The standard InChI is InChI=1S/C15H25N3O3/c1-9(2)12(14(20)21-15(4,5)6)16-13(19)11-8-10(3)17-18(11)7/h8-9,12H,1-7H3,(H,16,19)/t12-/m1/s1. The molecule has 0 aliphatic heterocycles. The third kappa shape index (κ3) is 4.88. The molecule has 118 valence electrons. The van der Waals surface area contributed by atoms with Gasteiger partial charge in [0.05, 0.1) is 5.69 Å². The van der Waals surface area contributed by atoms with E-state index < -0.39 is 17.6 Å². The zero-order valence-electron chi connectivity index (χ0n) is 13.9. The first kappa shape index (κ1) is 17.2. The van der Waals surface area contributed by atoms with Crippen molar-refractivity contribution < 1.29 is 14.3 Å². The molecule has 1 aromatic rings. The van der Waals surface area contributed by atoms with E-state index in [1.54, 1.807) is 33.9 Å². The number of carbonyl (C=O) groups is 2. The van der Waals surface area contributed by atoms with Crippen molar-refractivity contribution in [1.82, 2.24) is 15.1 Å². The SMILES string of the molecule is Cc1cc(C(=O)N[C@@H](C(=O)OC(C)(C)C)C(C)C)n(C)n1. The van der Waals surface area contributed by atoms with E-state index in [-0.39, 0.29) is 11.8 Å². The lowest BCUT2D eigenvalue weighted by molar-refractivity contribution is -0.158. The lowest BCUT2D eigenvalue weighted by atomic mass is 10.0. The summed E-state index contributed by atoms with van der Waals surface area (Å²) < 4.78 is 6.85. The van der Waals surface area contributed by atoms with E-state index in [2.05, 4.69) is 10.4 Å². The van der Waals surface area contributed by atoms with E-state index in [1.807, 2.05) is 20.8 Å². The van der Waals surface area contributed by atoms with Crippen LogP contribution in [0.3, 0.4) is 0 Å². The third-order valence-electron chi connectivity index (χ3n) is 2.85. The summed E-state index contributed by atoms with van der Waals surface area (Å²) >= 11 is 0. The highest BCUT2D eigenvalue weighted by Gasteiger charge is 2.30. The van der Waals surface area contributed by atoms with Crippen molar-refractivity contribution in [1.29, 1.82) is 0 Å². The van der Waals surface area contributed by atoms with Crippen LogP contribution in [0, 0.1) is 12.8 Å². The Bertz CT molecular complexity index is 527. The molecular formula is C15H25N3O3. The second kappa shape index (κ2) is 6.28. The molecule has 0 spiro atoms. The lowest BCUT2D eigenvalue weighted by Crippen LogP contribution is -2.47. The van der Waals surface area contributed by atoms with Gasteiger partial charge in [0.15, 0.2) is 0 Å². The summed E-state index contributed by atoms with van der Waals surface area (Å²) in [5.41, 5.74) is 0.584. The Kier molecular flexibility index (Phi) is 5.15. The molecule has 0 saturated heterocycles. The summed E-state index contributed by atoms with van der Waals surface area (Å²) in [5.74, 6) is -0.828. The molecule has 0 aromatic carbocycles. The molecule has 0 aliphatic rings. The van der Waals surface area contributed by atoms with Crippen molar-refractivity contribution in [2.75, 3.05) is 0 Å². The molecule has 1 heterocycles. The van der Waals surface area contributed by atoms with Crippen molar-refractivity contribution in [2.24, 2.45) is 13.0 Å². The molecule has 0 saturated carbocycles. The molecule has 0 unspecified atom stereocenters. The zero-order valence-corrected chi connectivity index (χ0v) is 13.9. The Morgan fingerprint density at radius 3 is 2.29 bits per heavy atom. The highest BCUT2D eigenvalue weighted by atomic mass is 16.6. The summed E-state index contributed by atoms with van der Waals surface area (Å²) in [7, 11) is 1.69. The Morgan fingerprint density at radius 2 is 1.90 bits per heavy atom. The first-order valence-electron chi connectivity index (χ1n) is 7.05. The van der Waals surface area contributed by atoms with Gasteiger partial charge >= 0.3 is 5.97 Å². The van der Waals surface area contributed by atoms with E-state index in [9.17, 15) is 9.59 Å². The van der Waals surface area contributed by atoms with E-state index in [0.29, 0.717) is 5.69 Å². The number of ether oxygens (including phenoxy) is 1. The van der Waals surface area contributed by atoms with Crippen LogP contribution in [0.4, 0.5) is 0 Å². The van der Waals surface area contributed by atoms with Crippen LogP contribution in [0.25, 0.3) is 0 Å². The number of esters is 1. The van der Waals surface area contributed by atoms with Crippen LogP contribution < -0.4 is 5.32 Å². The van der Waals surface area contributed by atoms with Gasteiger partial charge in [-0.1, -0.05) is 13.8 Å². The second-order valence-electron chi connectivity index (χ2n) is 6.52. The lowest BCUT2D eigenvalue weighted by Gasteiger charge is -2.26. The van der Waals surface area contributed by atoms with Gasteiger partial charge in [0.25, 0.3) is 5.91 Å². The molecule has 0 aliphatic carbocycles. The van der Waals surface area contributed by atoms with Crippen LogP contribution in [0.1, 0.15) is 50.8 Å². The number of nitrogens with one attached hydrogen (secondary N) is 1. The molecular weight excluding hydrogens is 270 g/mol. The number of nitrogens with zero attached hydrogens (tertiary/aromatic N) is 2. The van der Waals surface area contributed by atoms with Crippen molar-refractivity contribution in [3.8, 4) is 0 Å². The number of hydrogen-bond donors (Lipinski definition) is 1. The van der Waals surface area contributed by atoms with Crippen molar-refractivity contribution >= 4 is 11.9 Å². The van der Waals surface area contributed by atoms with Gasteiger partial charge < -0.3 is 10.1 Å². The van der Waals surface area contributed by atoms with E-state index in [1.165, 1.54) is 4.68 Å². The third-order valence-corrected chi connectivity index (χ3v) is 2.85. The average molecular weight is 295 g/mol. The van der Waals surface area contributed by atoms with Crippen LogP contribution >= 0.6 is 0 Å². The Balaban J connectivity index is 2.86. The summed E-state index contributed by atoms with van der Waals surface area (Å²) in [6, 6.07) is 0.994.